The second-order valence-corrected chi connectivity index (χ2v) is 4.55. The number of hydrogen-bond acceptors (Lipinski definition) is 3. The summed E-state index contributed by atoms with van der Waals surface area (Å²) in [5.74, 6) is 0.0625. The minimum absolute atomic E-state index is 0.236. The molecule has 1 amide bonds. The van der Waals surface area contributed by atoms with Crippen LogP contribution in [0.2, 0.25) is 0 Å². The highest BCUT2D eigenvalue weighted by molar-refractivity contribution is 6.10. The van der Waals surface area contributed by atoms with Gasteiger partial charge in [-0.25, -0.2) is 4.39 Å². The van der Waals surface area contributed by atoms with Crippen molar-refractivity contribution < 1.29 is 13.9 Å². The molecule has 20 heavy (non-hydrogen) atoms. The van der Waals surface area contributed by atoms with Crippen molar-refractivity contribution in [3.63, 3.8) is 0 Å². The van der Waals surface area contributed by atoms with E-state index >= 15 is 0 Å². The molecule has 2 aromatic rings. The number of hydrogen-bond donors (Lipinski definition) is 1. The fourth-order valence-electron chi connectivity index (χ4n) is 2.36. The lowest BCUT2D eigenvalue weighted by molar-refractivity contribution is -0.118. The molecule has 0 saturated heterocycles. The fraction of sp³-hybridized carbons (Fsp3) is 0.133. The molecule has 4 nitrogen and oxygen atoms in total. The number of nitrogens with two attached hydrogens (primary N) is 1. The van der Waals surface area contributed by atoms with Gasteiger partial charge in [0.1, 0.15) is 17.6 Å². The smallest absolute Gasteiger partial charge is 0.253 e. The number of methoxy groups -OCH3 is 1. The van der Waals surface area contributed by atoms with Crippen LogP contribution in [-0.2, 0) is 4.79 Å². The maximum absolute atomic E-state index is 13.0. The third-order valence-electron chi connectivity index (χ3n) is 3.38. The highest BCUT2D eigenvalue weighted by Crippen LogP contribution is 2.41. The standard InChI is InChI=1S/C15H13FN2O2/c1-20-11-6-7-13-12(8-11)14(17)15(19)18(13)10-4-2-9(16)3-5-10/h2-8,14H,17H2,1H3. The molecular weight excluding hydrogens is 259 g/mol. The molecule has 0 aliphatic carbocycles. The van der Waals surface area contributed by atoms with Crippen molar-refractivity contribution >= 4 is 17.3 Å². The van der Waals surface area contributed by atoms with E-state index in [9.17, 15) is 9.18 Å². The first-order valence-electron chi connectivity index (χ1n) is 6.15. The molecule has 1 aliphatic rings. The zero-order valence-corrected chi connectivity index (χ0v) is 10.8. The molecule has 1 unspecified atom stereocenters. The maximum atomic E-state index is 13.0. The zero-order valence-electron chi connectivity index (χ0n) is 10.8. The van der Waals surface area contributed by atoms with Crippen LogP contribution in [0, 0.1) is 5.82 Å². The number of ether oxygens (including phenoxy) is 1. The molecule has 0 saturated carbocycles. The predicted octanol–water partition coefficient (Wildman–Crippen LogP) is 2.51. The van der Waals surface area contributed by atoms with Crippen LogP contribution < -0.4 is 15.4 Å². The molecule has 0 fully saturated rings. The molecule has 102 valence electrons. The van der Waals surface area contributed by atoms with Gasteiger partial charge in [-0.3, -0.25) is 9.69 Å². The van der Waals surface area contributed by atoms with Crippen molar-refractivity contribution in [3.05, 3.63) is 53.8 Å². The summed E-state index contributed by atoms with van der Waals surface area (Å²) < 4.78 is 18.1. The highest BCUT2D eigenvalue weighted by atomic mass is 19.1. The van der Waals surface area contributed by atoms with Crippen LogP contribution in [0.15, 0.2) is 42.5 Å². The fourth-order valence-corrected chi connectivity index (χ4v) is 2.36. The van der Waals surface area contributed by atoms with Gasteiger partial charge in [-0.05, 0) is 42.5 Å². The Labute approximate surface area is 115 Å². The number of benzene rings is 2. The van der Waals surface area contributed by atoms with E-state index in [1.165, 1.54) is 17.0 Å². The topological polar surface area (TPSA) is 55.6 Å². The average Bonchev–Trinajstić information content (AvgIpc) is 2.72. The quantitative estimate of drug-likeness (QED) is 0.914. The molecule has 2 aromatic carbocycles. The molecule has 0 radical (unpaired) electrons. The Hall–Kier alpha value is -2.40. The minimum Gasteiger partial charge on any atom is -0.497 e. The van der Waals surface area contributed by atoms with Crippen LogP contribution in [0.4, 0.5) is 15.8 Å². The molecule has 1 atom stereocenters. The summed E-state index contributed by atoms with van der Waals surface area (Å²) in [6, 6.07) is 10.3. The molecule has 0 bridgehead atoms. The first-order valence-corrected chi connectivity index (χ1v) is 6.15. The lowest BCUT2D eigenvalue weighted by Crippen LogP contribution is -2.27. The van der Waals surface area contributed by atoms with Crippen molar-refractivity contribution in [2.24, 2.45) is 5.73 Å². The number of halogens is 1. The van der Waals surface area contributed by atoms with E-state index in [1.54, 1.807) is 37.4 Å². The van der Waals surface area contributed by atoms with Crippen molar-refractivity contribution in [2.45, 2.75) is 6.04 Å². The number of anilines is 2. The number of fused-ring (bicyclic) bond motifs is 1. The maximum Gasteiger partial charge on any atom is 0.253 e. The normalized spacial score (nSPS) is 17.2. The zero-order chi connectivity index (χ0) is 14.3. The number of nitrogens with zero attached hydrogens (tertiary/aromatic N) is 1. The Morgan fingerprint density at radius 3 is 2.55 bits per heavy atom. The van der Waals surface area contributed by atoms with Gasteiger partial charge in [0.15, 0.2) is 0 Å². The van der Waals surface area contributed by atoms with Gasteiger partial charge in [0.05, 0.1) is 12.8 Å². The first-order chi connectivity index (χ1) is 9.61. The summed E-state index contributed by atoms with van der Waals surface area (Å²) in [6.07, 6.45) is 0. The molecule has 1 aliphatic heterocycles. The SMILES string of the molecule is COc1ccc2c(c1)C(N)C(=O)N2c1ccc(F)cc1. The van der Waals surface area contributed by atoms with Crippen molar-refractivity contribution in [1.82, 2.24) is 0 Å². The van der Waals surface area contributed by atoms with Crippen molar-refractivity contribution in [1.29, 1.82) is 0 Å². The van der Waals surface area contributed by atoms with Crippen molar-refractivity contribution in [3.8, 4) is 5.75 Å². The summed E-state index contributed by atoms with van der Waals surface area (Å²) >= 11 is 0. The van der Waals surface area contributed by atoms with E-state index in [0.29, 0.717) is 22.7 Å². The number of amides is 1. The molecule has 0 spiro atoms. The second-order valence-electron chi connectivity index (χ2n) is 4.55. The summed E-state index contributed by atoms with van der Waals surface area (Å²) in [5, 5.41) is 0. The average molecular weight is 272 g/mol. The van der Waals surface area contributed by atoms with Gasteiger partial charge in [0.25, 0.3) is 5.91 Å². The van der Waals surface area contributed by atoms with Crippen LogP contribution in [0.3, 0.4) is 0 Å². The number of rotatable bonds is 2. The predicted molar refractivity (Wildman–Crippen MR) is 73.5 cm³/mol. The molecule has 5 heteroatoms. The summed E-state index contributed by atoms with van der Waals surface area (Å²) in [5.41, 5.74) is 7.95. The van der Waals surface area contributed by atoms with E-state index in [4.69, 9.17) is 10.5 Å². The van der Waals surface area contributed by atoms with Gasteiger partial charge in [0, 0.05) is 11.3 Å². The second kappa shape index (κ2) is 4.61. The van der Waals surface area contributed by atoms with Gasteiger partial charge in [0.2, 0.25) is 0 Å². The van der Waals surface area contributed by atoms with Crippen molar-refractivity contribution in [2.75, 3.05) is 12.0 Å². The van der Waals surface area contributed by atoms with E-state index in [-0.39, 0.29) is 11.7 Å². The highest BCUT2D eigenvalue weighted by Gasteiger charge is 2.36. The molecule has 0 aromatic heterocycles. The number of carbonyl (C=O) groups excluding carboxylic acids is 1. The van der Waals surface area contributed by atoms with E-state index < -0.39 is 6.04 Å². The third-order valence-corrected chi connectivity index (χ3v) is 3.38. The van der Waals surface area contributed by atoms with Gasteiger partial charge < -0.3 is 10.5 Å². The lowest BCUT2D eigenvalue weighted by atomic mass is 10.1. The van der Waals surface area contributed by atoms with Gasteiger partial charge in [-0.15, -0.1) is 0 Å². The molecule has 3 rings (SSSR count). The van der Waals surface area contributed by atoms with Crippen LogP contribution >= 0.6 is 0 Å². The van der Waals surface area contributed by atoms with Crippen LogP contribution in [0.1, 0.15) is 11.6 Å². The molecular formula is C15H13FN2O2. The van der Waals surface area contributed by atoms with Gasteiger partial charge >= 0.3 is 0 Å². The van der Waals surface area contributed by atoms with Crippen LogP contribution in [-0.4, -0.2) is 13.0 Å². The Morgan fingerprint density at radius 1 is 1.20 bits per heavy atom. The summed E-state index contributed by atoms with van der Waals surface area (Å²) in [6.45, 7) is 0. The Balaban J connectivity index is 2.10. The third kappa shape index (κ3) is 1.83. The van der Waals surface area contributed by atoms with E-state index in [2.05, 4.69) is 0 Å². The Morgan fingerprint density at radius 2 is 1.90 bits per heavy atom. The van der Waals surface area contributed by atoms with Gasteiger partial charge in [-0.2, -0.15) is 0 Å². The van der Waals surface area contributed by atoms with E-state index in [0.717, 1.165) is 0 Å². The minimum atomic E-state index is -0.731. The first kappa shape index (κ1) is 12.6. The summed E-state index contributed by atoms with van der Waals surface area (Å²) in [4.78, 5) is 13.8. The Bertz CT molecular complexity index is 670. The lowest BCUT2D eigenvalue weighted by Gasteiger charge is -2.17. The van der Waals surface area contributed by atoms with Gasteiger partial charge in [-0.1, -0.05) is 0 Å². The number of carbonyl (C=O) groups is 1. The Kier molecular flexibility index (Phi) is 2.91. The molecule has 2 N–H and O–H groups in total. The van der Waals surface area contributed by atoms with E-state index in [1.807, 2.05) is 0 Å². The summed E-state index contributed by atoms with van der Waals surface area (Å²) in [7, 11) is 1.56. The largest absolute Gasteiger partial charge is 0.497 e. The van der Waals surface area contributed by atoms with Crippen LogP contribution in [0.25, 0.3) is 0 Å². The molecule has 1 heterocycles. The monoisotopic (exact) mass is 272 g/mol. The van der Waals surface area contributed by atoms with Crippen LogP contribution in [0.5, 0.6) is 5.75 Å².